The van der Waals surface area contributed by atoms with Gasteiger partial charge in [-0.2, -0.15) is 0 Å². The molecule has 0 aromatic rings. The predicted molar refractivity (Wildman–Crippen MR) is 70.0 cm³/mol. The average Bonchev–Trinajstić information content (AvgIpc) is 2.99. The minimum atomic E-state index is -0.668. The highest BCUT2D eigenvalue weighted by Gasteiger charge is 2.34. The first kappa shape index (κ1) is 12.6. The van der Waals surface area contributed by atoms with Crippen LogP contribution in [0.2, 0.25) is 0 Å². The predicted octanol–water partition coefficient (Wildman–Crippen LogP) is 2.31. The second-order valence-corrected chi connectivity index (χ2v) is 7.25. The van der Waals surface area contributed by atoms with Gasteiger partial charge in [0.25, 0.3) is 0 Å². The molecule has 2 aliphatic rings. The fourth-order valence-corrected chi connectivity index (χ4v) is 3.98. The van der Waals surface area contributed by atoms with Gasteiger partial charge in [-0.25, -0.2) is 0 Å². The van der Waals surface area contributed by atoms with Crippen molar-refractivity contribution in [2.75, 3.05) is 12.0 Å². The van der Waals surface area contributed by atoms with E-state index in [9.17, 15) is 4.21 Å². The lowest BCUT2D eigenvalue weighted by molar-refractivity contribution is 0.252. The third kappa shape index (κ3) is 3.85. The molecule has 2 aliphatic carbocycles. The minimum Gasteiger partial charge on any atom is -0.311 e. The first-order valence-corrected chi connectivity index (χ1v) is 8.44. The van der Waals surface area contributed by atoms with E-state index in [4.69, 9.17) is 0 Å². The van der Waals surface area contributed by atoms with Gasteiger partial charge in [-0.05, 0) is 44.4 Å². The summed E-state index contributed by atoms with van der Waals surface area (Å²) in [6.45, 7) is 2.17. The van der Waals surface area contributed by atoms with Gasteiger partial charge in [0.15, 0.2) is 0 Å². The zero-order chi connectivity index (χ0) is 11.5. The van der Waals surface area contributed by atoms with Crippen molar-refractivity contribution >= 4 is 10.8 Å². The summed E-state index contributed by atoms with van der Waals surface area (Å²) in [4.78, 5) is 0. The summed E-state index contributed by atoms with van der Waals surface area (Å²) >= 11 is 0. The van der Waals surface area contributed by atoms with Crippen molar-refractivity contribution in [3.05, 3.63) is 0 Å². The normalized spacial score (nSPS) is 34.6. The van der Waals surface area contributed by atoms with Crippen molar-refractivity contribution in [3.63, 3.8) is 0 Å². The van der Waals surface area contributed by atoms with Crippen LogP contribution in [0, 0.1) is 11.8 Å². The molecule has 2 rings (SSSR count). The molecule has 0 aromatic heterocycles. The van der Waals surface area contributed by atoms with Gasteiger partial charge in [-0.15, -0.1) is 0 Å². The summed E-state index contributed by atoms with van der Waals surface area (Å²) < 4.78 is 11.1. The molecule has 2 nitrogen and oxygen atoms in total. The Balaban J connectivity index is 1.73. The molecule has 4 atom stereocenters. The van der Waals surface area contributed by atoms with Crippen molar-refractivity contribution in [1.29, 1.82) is 0 Å². The van der Waals surface area contributed by atoms with Gasteiger partial charge in [0.1, 0.15) is 0 Å². The molecule has 0 heterocycles. The fourth-order valence-electron chi connectivity index (χ4n) is 3.18. The van der Waals surface area contributed by atoms with Crippen LogP contribution in [0.25, 0.3) is 0 Å². The number of nitrogens with one attached hydrogen (secondary N) is 1. The van der Waals surface area contributed by atoms with Crippen LogP contribution >= 0.6 is 0 Å². The molecular formula is C13H25NOS. The molecule has 1 N–H and O–H groups in total. The Morgan fingerprint density at radius 3 is 2.62 bits per heavy atom. The van der Waals surface area contributed by atoms with E-state index in [0.717, 1.165) is 17.6 Å². The lowest BCUT2D eigenvalue weighted by atomic mass is 9.82. The van der Waals surface area contributed by atoms with Gasteiger partial charge in [0.05, 0.1) is 0 Å². The van der Waals surface area contributed by atoms with Crippen molar-refractivity contribution in [1.82, 2.24) is 5.32 Å². The molecule has 0 radical (unpaired) electrons. The Kier molecular flexibility index (Phi) is 4.42. The van der Waals surface area contributed by atoms with E-state index in [-0.39, 0.29) is 0 Å². The molecule has 2 fully saturated rings. The summed E-state index contributed by atoms with van der Waals surface area (Å²) in [5.41, 5.74) is 0. The number of hydrogen-bond acceptors (Lipinski definition) is 2. The van der Waals surface area contributed by atoms with E-state index in [1.165, 1.54) is 38.5 Å². The van der Waals surface area contributed by atoms with Crippen LogP contribution in [0.1, 0.15) is 45.4 Å². The Labute approximate surface area is 102 Å². The standard InChI is InChI=1S/C13H25NOS/c1-10(9-16(2)15)14-13-5-3-4-12(8-13)11-6-7-11/h10-14H,3-9H2,1-2H3. The van der Waals surface area contributed by atoms with Gasteiger partial charge in [-0.3, -0.25) is 4.21 Å². The number of rotatable bonds is 5. The van der Waals surface area contributed by atoms with Gasteiger partial charge in [0.2, 0.25) is 0 Å². The first-order valence-electron chi connectivity index (χ1n) is 6.71. The zero-order valence-corrected chi connectivity index (χ0v) is 11.4. The Hall–Kier alpha value is 0.110. The maximum Gasteiger partial charge on any atom is 0.0383 e. The first-order chi connectivity index (χ1) is 7.65. The van der Waals surface area contributed by atoms with E-state index in [2.05, 4.69) is 12.2 Å². The van der Waals surface area contributed by atoms with Gasteiger partial charge >= 0.3 is 0 Å². The summed E-state index contributed by atoms with van der Waals surface area (Å²) in [5.74, 6) is 2.84. The van der Waals surface area contributed by atoms with Crippen LogP contribution in [0.5, 0.6) is 0 Å². The summed E-state index contributed by atoms with van der Waals surface area (Å²) in [6.07, 6.45) is 10.3. The van der Waals surface area contributed by atoms with Gasteiger partial charge in [0, 0.05) is 34.9 Å². The van der Waals surface area contributed by atoms with Crippen LogP contribution in [-0.4, -0.2) is 28.3 Å². The molecule has 0 bridgehead atoms. The maximum atomic E-state index is 11.1. The Morgan fingerprint density at radius 1 is 1.25 bits per heavy atom. The molecule has 2 saturated carbocycles. The van der Waals surface area contributed by atoms with Crippen LogP contribution in [0.15, 0.2) is 0 Å². The highest BCUT2D eigenvalue weighted by Crippen LogP contribution is 2.43. The topological polar surface area (TPSA) is 29.1 Å². The quantitative estimate of drug-likeness (QED) is 0.803. The fraction of sp³-hybridized carbons (Fsp3) is 1.00. The molecule has 94 valence electrons. The highest BCUT2D eigenvalue weighted by atomic mass is 32.2. The molecule has 0 saturated heterocycles. The molecular weight excluding hydrogens is 218 g/mol. The number of hydrogen-bond donors (Lipinski definition) is 1. The molecule has 16 heavy (non-hydrogen) atoms. The molecule has 0 aromatic carbocycles. The Bertz CT molecular complexity index is 252. The molecule has 4 unspecified atom stereocenters. The third-order valence-corrected chi connectivity index (χ3v) is 4.98. The smallest absolute Gasteiger partial charge is 0.0383 e. The lowest BCUT2D eigenvalue weighted by Gasteiger charge is -2.32. The molecule has 0 amide bonds. The van der Waals surface area contributed by atoms with Crippen molar-refractivity contribution in [2.45, 2.75) is 57.5 Å². The van der Waals surface area contributed by atoms with E-state index >= 15 is 0 Å². The van der Waals surface area contributed by atoms with Crippen LogP contribution in [-0.2, 0) is 10.8 Å². The van der Waals surface area contributed by atoms with Crippen molar-refractivity contribution < 1.29 is 4.21 Å². The second kappa shape index (κ2) is 5.63. The highest BCUT2D eigenvalue weighted by molar-refractivity contribution is 7.84. The lowest BCUT2D eigenvalue weighted by Crippen LogP contribution is -2.42. The van der Waals surface area contributed by atoms with Gasteiger partial charge < -0.3 is 5.32 Å². The minimum absolute atomic E-state index is 0.411. The van der Waals surface area contributed by atoms with Crippen LogP contribution < -0.4 is 5.32 Å². The molecule has 0 spiro atoms. The van der Waals surface area contributed by atoms with Crippen LogP contribution in [0.4, 0.5) is 0 Å². The van der Waals surface area contributed by atoms with Gasteiger partial charge in [-0.1, -0.05) is 12.8 Å². The summed E-state index contributed by atoms with van der Waals surface area (Å²) in [5, 5.41) is 3.67. The third-order valence-electron chi connectivity index (χ3n) is 4.01. The molecule has 3 heteroatoms. The largest absolute Gasteiger partial charge is 0.311 e. The maximum absolute atomic E-state index is 11.1. The summed E-state index contributed by atoms with van der Waals surface area (Å²) in [6, 6.07) is 1.10. The average molecular weight is 243 g/mol. The van der Waals surface area contributed by atoms with Crippen LogP contribution in [0.3, 0.4) is 0 Å². The van der Waals surface area contributed by atoms with E-state index in [1.807, 2.05) is 0 Å². The van der Waals surface area contributed by atoms with E-state index < -0.39 is 10.8 Å². The monoisotopic (exact) mass is 243 g/mol. The van der Waals surface area contributed by atoms with E-state index in [1.54, 1.807) is 6.26 Å². The second-order valence-electron chi connectivity index (χ2n) is 5.77. The SMILES string of the molecule is CC(CS(C)=O)NC1CCCC(C2CC2)C1. The Morgan fingerprint density at radius 2 is 2.00 bits per heavy atom. The van der Waals surface area contributed by atoms with Crippen molar-refractivity contribution in [2.24, 2.45) is 11.8 Å². The molecule has 0 aliphatic heterocycles. The summed E-state index contributed by atoms with van der Waals surface area (Å²) in [7, 11) is -0.668. The van der Waals surface area contributed by atoms with E-state index in [0.29, 0.717) is 12.1 Å². The van der Waals surface area contributed by atoms with Crippen molar-refractivity contribution in [3.8, 4) is 0 Å². The zero-order valence-electron chi connectivity index (χ0n) is 10.6.